The highest BCUT2D eigenvalue weighted by Crippen LogP contribution is 2.31. The molecule has 1 aromatic rings. The topological polar surface area (TPSA) is 72.6 Å². The van der Waals surface area contributed by atoms with Gasteiger partial charge in [0.1, 0.15) is 10.6 Å². The summed E-state index contributed by atoms with van der Waals surface area (Å²) in [7, 11) is -3.90. The number of rotatable bonds is 5. The number of piperidine rings is 1. The number of halogens is 3. The molecular weight excluding hydrogens is 338 g/mol. The van der Waals surface area contributed by atoms with Crippen molar-refractivity contribution in [3.8, 4) is 5.75 Å². The maximum Gasteiger partial charge on any atom is 0.387 e. The fraction of sp³-hybridized carbons (Fsp3) is 0.538. The molecule has 1 atom stereocenters. The Balaban J connectivity index is 0.00000242. The first-order valence-electron chi connectivity index (χ1n) is 6.72. The lowest BCUT2D eigenvalue weighted by Gasteiger charge is -2.34. The Kier molecular flexibility index (Phi) is 6.98. The van der Waals surface area contributed by atoms with E-state index in [4.69, 9.17) is 5.73 Å². The average Bonchev–Trinajstić information content (AvgIpc) is 2.47. The van der Waals surface area contributed by atoms with Crippen LogP contribution in [-0.4, -0.2) is 38.5 Å². The van der Waals surface area contributed by atoms with Gasteiger partial charge in [-0.05, 0) is 25.0 Å². The van der Waals surface area contributed by atoms with Gasteiger partial charge in [0.2, 0.25) is 10.0 Å². The van der Waals surface area contributed by atoms with Crippen LogP contribution in [0.3, 0.4) is 0 Å². The first kappa shape index (κ1) is 19.1. The lowest BCUT2D eigenvalue weighted by Crippen LogP contribution is -2.47. The van der Waals surface area contributed by atoms with E-state index in [1.165, 1.54) is 28.6 Å². The number of hydrogen-bond donors (Lipinski definition) is 1. The number of benzene rings is 1. The first-order valence-corrected chi connectivity index (χ1v) is 8.16. The van der Waals surface area contributed by atoms with Crippen molar-refractivity contribution in [2.24, 2.45) is 5.73 Å². The van der Waals surface area contributed by atoms with E-state index in [0.29, 0.717) is 13.0 Å². The molecule has 0 bridgehead atoms. The molecular formula is C13H19ClF2N2O3S. The standard InChI is InChI=1S/C13H18F2N2O3S.ClH/c14-13(15)20-11-6-1-2-7-12(11)21(18,19)17-8-4-3-5-10(17)9-16;/h1-2,6-7,10,13H,3-5,8-9,16H2;1H. The number of para-hydroxylation sites is 1. The smallest absolute Gasteiger partial charge is 0.387 e. The molecule has 0 aromatic heterocycles. The number of alkyl halides is 2. The molecule has 0 amide bonds. The van der Waals surface area contributed by atoms with Crippen LogP contribution in [-0.2, 0) is 10.0 Å². The Morgan fingerprint density at radius 1 is 1.32 bits per heavy atom. The molecule has 1 fully saturated rings. The van der Waals surface area contributed by atoms with Gasteiger partial charge in [0.15, 0.2) is 0 Å². The molecule has 0 saturated carbocycles. The average molecular weight is 357 g/mol. The Labute approximate surface area is 134 Å². The number of hydrogen-bond acceptors (Lipinski definition) is 4. The summed E-state index contributed by atoms with van der Waals surface area (Å²) in [6.45, 7) is -2.53. The normalized spacial score (nSPS) is 19.7. The first-order chi connectivity index (χ1) is 9.96. The molecule has 1 saturated heterocycles. The Morgan fingerprint density at radius 3 is 2.64 bits per heavy atom. The van der Waals surface area contributed by atoms with Crippen LogP contribution >= 0.6 is 12.4 Å². The van der Waals surface area contributed by atoms with Crippen molar-refractivity contribution in [2.75, 3.05) is 13.1 Å². The molecule has 1 aliphatic rings. The SMILES string of the molecule is Cl.NCC1CCCCN1S(=O)(=O)c1ccccc1OC(F)F. The third-order valence-electron chi connectivity index (χ3n) is 3.50. The summed E-state index contributed by atoms with van der Waals surface area (Å²) >= 11 is 0. The molecule has 126 valence electrons. The van der Waals surface area contributed by atoms with Crippen LogP contribution in [0, 0.1) is 0 Å². The van der Waals surface area contributed by atoms with E-state index >= 15 is 0 Å². The van der Waals surface area contributed by atoms with Crippen molar-refractivity contribution >= 4 is 22.4 Å². The molecule has 9 heteroatoms. The van der Waals surface area contributed by atoms with Crippen molar-refractivity contribution in [2.45, 2.75) is 36.8 Å². The van der Waals surface area contributed by atoms with Crippen LogP contribution in [0.5, 0.6) is 5.75 Å². The number of ether oxygens (including phenoxy) is 1. The van der Waals surface area contributed by atoms with Crippen LogP contribution < -0.4 is 10.5 Å². The quantitative estimate of drug-likeness (QED) is 0.878. The minimum atomic E-state index is -3.90. The van der Waals surface area contributed by atoms with Gasteiger partial charge in [-0.3, -0.25) is 0 Å². The van der Waals surface area contributed by atoms with Crippen molar-refractivity contribution in [1.29, 1.82) is 0 Å². The lowest BCUT2D eigenvalue weighted by atomic mass is 10.1. The van der Waals surface area contributed by atoms with Gasteiger partial charge in [0, 0.05) is 19.1 Å². The summed E-state index contributed by atoms with van der Waals surface area (Å²) in [6, 6.07) is 5.12. The zero-order valence-corrected chi connectivity index (χ0v) is 13.5. The minimum Gasteiger partial charge on any atom is -0.433 e. The van der Waals surface area contributed by atoms with Crippen LogP contribution in [0.1, 0.15) is 19.3 Å². The summed E-state index contributed by atoms with van der Waals surface area (Å²) in [6.07, 6.45) is 2.31. The fourth-order valence-corrected chi connectivity index (χ4v) is 4.34. The van der Waals surface area contributed by atoms with Crippen LogP contribution in [0.15, 0.2) is 29.2 Å². The van der Waals surface area contributed by atoms with E-state index in [1.54, 1.807) is 0 Å². The molecule has 5 nitrogen and oxygen atoms in total. The zero-order chi connectivity index (χ0) is 15.5. The van der Waals surface area contributed by atoms with Gasteiger partial charge in [-0.2, -0.15) is 13.1 Å². The highest BCUT2D eigenvalue weighted by Gasteiger charge is 2.34. The van der Waals surface area contributed by atoms with E-state index in [9.17, 15) is 17.2 Å². The third-order valence-corrected chi connectivity index (χ3v) is 5.49. The zero-order valence-electron chi connectivity index (χ0n) is 11.8. The lowest BCUT2D eigenvalue weighted by molar-refractivity contribution is -0.0518. The van der Waals surface area contributed by atoms with Gasteiger partial charge in [-0.1, -0.05) is 18.6 Å². The van der Waals surface area contributed by atoms with Gasteiger partial charge in [-0.25, -0.2) is 8.42 Å². The molecule has 1 aromatic carbocycles. The number of sulfonamides is 1. The van der Waals surface area contributed by atoms with Crippen LogP contribution in [0.4, 0.5) is 8.78 Å². The summed E-state index contributed by atoms with van der Waals surface area (Å²) in [5, 5.41) is 0. The fourth-order valence-electron chi connectivity index (χ4n) is 2.51. The largest absolute Gasteiger partial charge is 0.433 e. The van der Waals surface area contributed by atoms with Gasteiger partial charge in [0.05, 0.1) is 0 Å². The van der Waals surface area contributed by atoms with Gasteiger partial charge < -0.3 is 10.5 Å². The second-order valence-electron chi connectivity index (χ2n) is 4.83. The molecule has 1 heterocycles. The highest BCUT2D eigenvalue weighted by atomic mass is 35.5. The molecule has 0 radical (unpaired) electrons. The molecule has 22 heavy (non-hydrogen) atoms. The maximum atomic E-state index is 12.7. The van der Waals surface area contributed by atoms with Crippen LogP contribution in [0.2, 0.25) is 0 Å². The number of nitrogens with zero attached hydrogens (tertiary/aromatic N) is 1. The summed E-state index contributed by atoms with van der Waals surface area (Å²) < 4.78 is 55.9. The Hall–Kier alpha value is -0.960. The monoisotopic (exact) mass is 356 g/mol. The molecule has 1 unspecified atom stereocenters. The maximum absolute atomic E-state index is 12.7. The van der Waals surface area contributed by atoms with Crippen LogP contribution in [0.25, 0.3) is 0 Å². The number of nitrogens with two attached hydrogens (primary N) is 1. The second kappa shape index (κ2) is 8.05. The second-order valence-corrected chi connectivity index (χ2v) is 6.69. The predicted molar refractivity (Wildman–Crippen MR) is 80.9 cm³/mol. The van der Waals surface area contributed by atoms with Gasteiger partial charge in [0.25, 0.3) is 0 Å². The van der Waals surface area contributed by atoms with Crippen molar-refractivity contribution in [1.82, 2.24) is 4.31 Å². The molecule has 2 rings (SSSR count). The van der Waals surface area contributed by atoms with E-state index in [-0.39, 0.29) is 35.6 Å². The van der Waals surface area contributed by atoms with Gasteiger partial charge in [-0.15, -0.1) is 12.4 Å². The van der Waals surface area contributed by atoms with E-state index in [0.717, 1.165) is 12.8 Å². The summed E-state index contributed by atoms with van der Waals surface area (Å²) in [5.74, 6) is -0.339. The Bertz CT molecular complexity index is 586. The summed E-state index contributed by atoms with van der Waals surface area (Å²) in [5.41, 5.74) is 5.63. The molecule has 1 aliphatic heterocycles. The third kappa shape index (κ3) is 4.07. The predicted octanol–water partition coefficient (Wildman–Crippen LogP) is 2.21. The molecule has 0 spiro atoms. The Morgan fingerprint density at radius 2 is 2.00 bits per heavy atom. The van der Waals surface area contributed by atoms with E-state index in [2.05, 4.69) is 4.74 Å². The summed E-state index contributed by atoms with van der Waals surface area (Å²) in [4.78, 5) is -0.245. The van der Waals surface area contributed by atoms with Crippen molar-refractivity contribution in [3.05, 3.63) is 24.3 Å². The minimum absolute atomic E-state index is 0. The van der Waals surface area contributed by atoms with Crippen molar-refractivity contribution < 1.29 is 21.9 Å². The van der Waals surface area contributed by atoms with E-state index in [1.807, 2.05) is 0 Å². The molecule has 0 aliphatic carbocycles. The van der Waals surface area contributed by atoms with Gasteiger partial charge >= 0.3 is 6.61 Å². The highest BCUT2D eigenvalue weighted by molar-refractivity contribution is 7.89. The molecule has 2 N–H and O–H groups in total. The van der Waals surface area contributed by atoms with Crippen molar-refractivity contribution in [3.63, 3.8) is 0 Å². The van der Waals surface area contributed by atoms with E-state index < -0.39 is 16.6 Å².